The zero-order chi connectivity index (χ0) is 26.1. The lowest BCUT2D eigenvalue weighted by atomic mass is 9.91. The molecule has 0 bridgehead atoms. The van der Waals surface area contributed by atoms with Crippen LogP contribution in [0.15, 0.2) is 133 Å². The van der Waals surface area contributed by atoms with E-state index >= 15 is 0 Å². The minimum atomic E-state index is -0.785. The van der Waals surface area contributed by atoms with E-state index in [0.29, 0.717) is 6.04 Å². The van der Waals surface area contributed by atoms with E-state index in [2.05, 4.69) is 159 Å². The molecule has 0 unspecified atom stereocenters. The summed E-state index contributed by atoms with van der Waals surface area (Å²) in [7, 11) is 1.44. The van der Waals surface area contributed by atoms with Crippen LogP contribution in [0.5, 0.6) is 0 Å². The van der Waals surface area contributed by atoms with Crippen molar-refractivity contribution < 1.29 is 0 Å². The summed E-state index contributed by atoms with van der Waals surface area (Å²) in [6, 6.07) is 49.5. The second-order valence-corrected chi connectivity index (χ2v) is 12.3. The average Bonchev–Trinajstić information content (AvgIpc) is 2.97. The molecule has 6 rings (SSSR count). The Labute approximate surface area is 227 Å². The summed E-state index contributed by atoms with van der Waals surface area (Å²) in [5.74, 6) is 0. The Morgan fingerprint density at radius 2 is 0.974 bits per heavy atom. The fraction of sp³-hybridized carbons (Fsp3) is 0.111. The molecule has 38 heavy (non-hydrogen) atoms. The maximum atomic E-state index is 2.42. The predicted octanol–water partition coefficient (Wildman–Crippen LogP) is 8.26. The first-order valence-corrected chi connectivity index (χ1v) is 14.6. The monoisotopic (exact) mass is 509 g/mol. The maximum Gasteiger partial charge on any atom is 0.0452 e. The fourth-order valence-electron chi connectivity index (χ4n) is 5.39. The van der Waals surface area contributed by atoms with E-state index < -0.39 is 7.92 Å². The number of rotatable bonds is 6. The normalized spacial score (nSPS) is 11.5. The molecule has 1 nitrogen and oxygen atoms in total. The van der Waals surface area contributed by atoms with Gasteiger partial charge in [0.05, 0.1) is 0 Å². The van der Waals surface area contributed by atoms with Crippen LogP contribution in [-0.4, -0.2) is 13.1 Å². The molecule has 186 valence electrons. The minimum Gasteiger partial charge on any atom is -0.372 e. The summed E-state index contributed by atoms with van der Waals surface area (Å²) in [5.41, 5.74) is 3.94. The van der Waals surface area contributed by atoms with Crippen LogP contribution >= 0.6 is 7.92 Å². The first kappa shape index (κ1) is 24.4. The van der Waals surface area contributed by atoms with Gasteiger partial charge >= 0.3 is 0 Å². The number of hydrogen-bond acceptors (Lipinski definition) is 1. The van der Waals surface area contributed by atoms with Gasteiger partial charge in [-0.1, -0.05) is 127 Å². The van der Waals surface area contributed by atoms with Crippen LogP contribution in [0.3, 0.4) is 0 Å². The Bertz CT molecular complexity index is 1670. The molecular formula is C36H32NP. The van der Waals surface area contributed by atoms with Crippen LogP contribution in [0, 0.1) is 0 Å². The highest BCUT2D eigenvalue weighted by molar-refractivity contribution is 7.80. The van der Waals surface area contributed by atoms with Crippen LogP contribution in [0.25, 0.3) is 32.7 Å². The molecule has 6 aromatic rings. The molecule has 0 spiro atoms. The van der Waals surface area contributed by atoms with Crippen LogP contribution in [0.2, 0.25) is 0 Å². The van der Waals surface area contributed by atoms with Crippen molar-refractivity contribution in [3.05, 3.63) is 133 Å². The molecule has 0 aliphatic heterocycles. The lowest BCUT2D eigenvalue weighted by Gasteiger charge is -2.30. The van der Waals surface area contributed by atoms with Gasteiger partial charge in [-0.05, 0) is 65.3 Å². The quantitative estimate of drug-likeness (QED) is 0.204. The summed E-state index contributed by atoms with van der Waals surface area (Å²) >= 11 is 0. The van der Waals surface area contributed by atoms with Crippen molar-refractivity contribution in [2.45, 2.75) is 19.9 Å². The minimum absolute atomic E-state index is 0.373. The van der Waals surface area contributed by atoms with Crippen LogP contribution < -0.4 is 20.8 Å². The van der Waals surface area contributed by atoms with E-state index in [1.54, 1.807) is 0 Å². The topological polar surface area (TPSA) is 3.24 Å². The van der Waals surface area contributed by atoms with Gasteiger partial charge in [-0.25, -0.2) is 0 Å². The van der Waals surface area contributed by atoms with Crippen LogP contribution in [-0.2, 0) is 0 Å². The Kier molecular flexibility index (Phi) is 6.71. The highest BCUT2D eigenvalue weighted by Gasteiger charge is 2.25. The molecule has 0 atom stereocenters. The number of anilines is 1. The largest absolute Gasteiger partial charge is 0.372 e. The molecule has 0 aliphatic carbocycles. The molecule has 6 aromatic carbocycles. The van der Waals surface area contributed by atoms with Gasteiger partial charge in [-0.3, -0.25) is 0 Å². The summed E-state index contributed by atoms with van der Waals surface area (Å²) in [6.07, 6.45) is 0. The zero-order valence-electron chi connectivity index (χ0n) is 22.2. The predicted molar refractivity (Wildman–Crippen MR) is 169 cm³/mol. The summed E-state index contributed by atoms with van der Waals surface area (Å²) in [6.45, 7) is 4.54. The average molecular weight is 510 g/mol. The third-order valence-corrected chi connectivity index (χ3v) is 9.97. The molecule has 0 aromatic heterocycles. The van der Waals surface area contributed by atoms with Gasteiger partial charge in [0.15, 0.2) is 0 Å². The van der Waals surface area contributed by atoms with E-state index in [0.717, 1.165) is 0 Å². The molecule has 0 amide bonds. The first-order chi connectivity index (χ1) is 18.6. The van der Waals surface area contributed by atoms with E-state index in [-0.39, 0.29) is 0 Å². The number of hydrogen-bond donors (Lipinski definition) is 0. The van der Waals surface area contributed by atoms with E-state index in [4.69, 9.17) is 0 Å². The van der Waals surface area contributed by atoms with Crippen molar-refractivity contribution in [1.82, 2.24) is 0 Å². The van der Waals surface area contributed by atoms with E-state index in [9.17, 15) is 0 Å². The van der Waals surface area contributed by atoms with Crippen molar-refractivity contribution in [2.75, 3.05) is 11.9 Å². The molecule has 0 heterocycles. The second kappa shape index (κ2) is 10.4. The van der Waals surface area contributed by atoms with Crippen LogP contribution in [0.4, 0.5) is 5.69 Å². The number of fused-ring (bicyclic) bond motifs is 2. The SMILES string of the molecule is CC(C)N(C)c1ccc2ccccc2c1-c1c(P(c2ccccc2)c2ccccc2)ccc2ccccc12. The Hall–Kier alpha value is -3.93. The molecule has 2 heteroatoms. The van der Waals surface area contributed by atoms with Crippen LogP contribution in [0.1, 0.15) is 13.8 Å². The van der Waals surface area contributed by atoms with E-state index in [1.807, 2.05) is 0 Å². The first-order valence-electron chi connectivity index (χ1n) is 13.3. The molecular weight excluding hydrogens is 477 g/mol. The standard InChI is InChI=1S/C36H32NP/c1-26(2)37(3)33-24-22-27-14-10-12-20-31(27)35(33)36-32-21-13-11-15-28(32)23-25-34(36)38(29-16-6-4-7-17-29)30-18-8-5-9-19-30/h4-26H,1-3H3. The smallest absolute Gasteiger partial charge is 0.0452 e. The van der Waals surface area contributed by atoms with Gasteiger partial charge in [-0.15, -0.1) is 0 Å². The maximum absolute atomic E-state index is 2.42. The van der Waals surface area contributed by atoms with Gasteiger partial charge < -0.3 is 4.90 Å². The molecule has 0 fully saturated rings. The molecule has 0 saturated heterocycles. The van der Waals surface area contributed by atoms with Gasteiger partial charge in [0, 0.05) is 29.9 Å². The summed E-state index contributed by atoms with van der Waals surface area (Å²) in [5, 5.41) is 9.27. The van der Waals surface area contributed by atoms with Gasteiger partial charge in [0.25, 0.3) is 0 Å². The Morgan fingerprint density at radius 3 is 1.53 bits per heavy atom. The lowest BCUT2D eigenvalue weighted by Crippen LogP contribution is -2.27. The summed E-state index contributed by atoms with van der Waals surface area (Å²) < 4.78 is 0. The molecule has 0 aliphatic rings. The van der Waals surface area contributed by atoms with Gasteiger partial charge in [0.2, 0.25) is 0 Å². The summed E-state index contributed by atoms with van der Waals surface area (Å²) in [4.78, 5) is 2.42. The Morgan fingerprint density at radius 1 is 0.500 bits per heavy atom. The Balaban J connectivity index is 1.78. The fourth-order valence-corrected chi connectivity index (χ4v) is 7.86. The number of nitrogens with zero attached hydrogens (tertiary/aromatic N) is 1. The third kappa shape index (κ3) is 4.38. The van der Waals surface area contributed by atoms with Crippen molar-refractivity contribution in [3.63, 3.8) is 0 Å². The number of benzene rings is 6. The highest BCUT2D eigenvalue weighted by Crippen LogP contribution is 2.45. The zero-order valence-corrected chi connectivity index (χ0v) is 23.1. The molecule has 0 radical (unpaired) electrons. The van der Waals surface area contributed by atoms with Crippen molar-refractivity contribution in [2.24, 2.45) is 0 Å². The van der Waals surface area contributed by atoms with E-state index in [1.165, 1.54) is 54.3 Å². The van der Waals surface area contributed by atoms with Crippen molar-refractivity contribution >= 4 is 51.1 Å². The molecule has 0 saturated carbocycles. The highest BCUT2D eigenvalue weighted by atomic mass is 31.1. The van der Waals surface area contributed by atoms with Gasteiger partial charge in [0.1, 0.15) is 0 Å². The lowest BCUT2D eigenvalue weighted by molar-refractivity contribution is 0.756. The van der Waals surface area contributed by atoms with Crippen molar-refractivity contribution in [3.8, 4) is 11.1 Å². The second-order valence-electron chi connectivity index (χ2n) is 10.1. The van der Waals surface area contributed by atoms with Crippen molar-refractivity contribution in [1.29, 1.82) is 0 Å². The third-order valence-electron chi connectivity index (χ3n) is 7.49. The van der Waals surface area contributed by atoms with Gasteiger partial charge in [-0.2, -0.15) is 0 Å². The molecule has 0 N–H and O–H groups in total.